The number of benzene rings is 2. The summed E-state index contributed by atoms with van der Waals surface area (Å²) in [5.41, 5.74) is 0.636. The smallest absolute Gasteiger partial charge is 0.321 e. The first-order valence-corrected chi connectivity index (χ1v) is 11.1. The van der Waals surface area contributed by atoms with Gasteiger partial charge in [0, 0.05) is 23.8 Å². The summed E-state index contributed by atoms with van der Waals surface area (Å²) >= 11 is 5.81. The van der Waals surface area contributed by atoms with Crippen LogP contribution in [0, 0.1) is 0 Å². The number of sulfone groups is 1. The number of carbonyl (C=O) groups is 1. The van der Waals surface area contributed by atoms with Crippen LogP contribution in [0.5, 0.6) is 5.75 Å². The molecule has 0 aromatic heterocycles. The molecule has 1 heterocycles. The fraction of sp³-hybridized carbons (Fsp3) is 0.350. The second-order valence-electron chi connectivity index (χ2n) is 6.68. The Hall–Kier alpha value is -2.25. The predicted molar refractivity (Wildman–Crippen MR) is 110 cm³/mol. The van der Waals surface area contributed by atoms with Crippen LogP contribution in [-0.2, 0) is 9.84 Å². The number of hydrogen-bond acceptors (Lipinski definition) is 4. The number of amides is 2. The van der Waals surface area contributed by atoms with Crippen molar-refractivity contribution in [3.8, 4) is 5.75 Å². The van der Waals surface area contributed by atoms with Crippen LogP contribution in [0.15, 0.2) is 53.4 Å². The van der Waals surface area contributed by atoms with E-state index in [0.717, 1.165) is 18.6 Å². The van der Waals surface area contributed by atoms with Gasteiger partial charge in [-0.3, -0.25) is 0 Å². The van der Waals surface area contributed by atoms with E-state index in [2.05, 4.69) is 12.2 Å². The number of rotatable bonds is 7. The van der Waals surface area contributed by atoms with Crippen molar-refractivity contribution in [3.05, 3.63) is 53.6 Å². The number of unbranched alkanes of at least 4 members (excludes halogenated alkanes) is 1. The Kier molecular flexibility index (Phi) is 6.46. The number of likely N-dealkylation sites (tertiary alicyclic amines) is 1. The summed E-state index contributed by atoms with van der Waals surface area (Å²) in [5, 5.41) is 2.66. The van der Waals surface area contributed by atoms with Crippen molar-refractivity contribution in [1.29, 1.82) is 0 Å². The minimum Gasteiger partial charge on any atom is -0.494 e. The van der Waals surface area contributed by atoms with Gasteiger partial charge in [0.25, 0.3) is 0 Å². The van der Waals surface area contributed by atoms with Crippen LogP contribution in [-0.4, -0.2) is 44.3 Å². The van der Waals surface area contributed by atoms with Gasteiger partial charge in [0.1, 0.15) is 11.0 Å². The van der Waals surface area contributed by atoms with Crippen LogP contribution >= 0.6 is 11.6 Å². The fourth-order valence-corrected chi connectivity index (χ4v) is 4.57. The molecule has 0 unspecified atom stereocenters. The fourth-order valence-electron chi connectivity index (χ4n) is 2.79. The van der Waals surface area contributed by atoms with Gasteiger partial charge in [-0.1, -0.05) is 24.9 Å². The average molecular weight is 423 g/mol. The van der Waals surface area contributed by atoms with Crippen molar-refractivity contribution in [2.24, 2.45) is 0 Å². The highest BCUT2D eigenvalue weighted by molar-refractivity contribution is 7.92. The summed E-state index contributed by atoms with van der Waals surface area (Å²) in [6, 6.07) is 12.9. The zero-order valence-electron chi connectivity index (χ0n) is 15.6. The van der Waals surface area contributed by atoms with Crippen LogP contribution in [0.25, 0.3) is 0 Å². The number of carbonyl (C=O) groups excluding carboxylic acids is 1. The zero-order chi connectivity index (χ0) is 20.1. The first-order valence-electron chi connectivity index (χ1n) is 9.18. The molecule has 0 radical (unpaired) electrons. The molecule has 1 saturated heterocycles. The second kappa shape index (κ2) is 8.84. The van der Waals surface area contributed by atoms with Gasteiger partial charge in [-0.05, 0) is 55.0 Å². The van der Waals surface area contributed by atoms with Gasteiger partial charge in [0.05, 0.1) is 11.5 Å². The van der Waals surface area contributed by atoms with Gasteiger partial charge >= 0.3 is 6.03 Å². The van der Waals surface area contributed by atoms with Crippen LogP contribution in [0.3, 0.4) is 0 Å². The van der Waals surface area contributed by atoms with Gasteiger partial charge < -0.3 is 15.0 Å². The molecular weight excluding hydrogens is 400 g/mol. The summed E-state index contributed by atoms with van der Waals surface area (Å²) in [6.07, 6.45) is 2.06. The van der Waals surface area contributed by atoms with Gasteiger partial charge in [-0.25, -0.2) is 13.2 Å². The van der Waals surface area contributed by atoms with Gasteiger partial charge in [-0.15, -0.1) is 0 Å². The molecule has 1 N–H and O–H groups in total. The molecule has 150 valence electrons. The van der Waals surface area contributed by atoms with Crippen molar-refractivity contribution in [3.63, 3.8) is 0 Å². The molecule has 1 aliphatic heterocycles. The highest BCUT2D eigenvalue weighted by atomic mass is 35.5. The number of anilines is 1. The van der Waals surface area contributed by atoms with E-state index in [0.29, 0.717) is 17.3 Å². The van der Waals surface area contributed by atoms with E-state index in [1.807, 2.05) is 0 Å². The molecule has 6 nitrogen and oxygen atoms in total. The van der Waals surface area contributed by atoms with Crippen molar-refractivity contribution in [2.75, 3.05) is 25.0 Å². The quantitative estimate of drug-likeness (QED) is 0.678. The summed E-state index contributed by atoms with van der Waals surface area (Å²) < 4.78 is 30.8. The number of ether oxygens (including phenoxy) is 1. The van der Waals surface area contributed by atoms with Gasteiger partial charge in [0.15, 0.2) is 9.84 Å². The molecule has 2 aromatic carbocycles. The third-order valence-corrected chi connectivity index (χ3v) is 6.95. The van der Waals surface area contributed by atoms with E-state index in [9.17, 15) is 13.2 Å². The molecule has 1 aliphatic rings. The number of nitrogens with zero attached hydrogens (tertiary/aromatic N) is 1. The first-order chi connectivity index (χ1) is 13.4. The highest BCUT2D eigenvalue weighted by Gasteiger charge is 2.40. The Bertz CT molecular complexity index is 908. The van der Waals surface area contributed by atoms with E-state index in [4.69, 9.17) is 16.3 Å². The summed E-state index contributed by atoms with van der Waals surface area (Å²) in [4.78, 5) is 14.0. The number of hydrogen-bond donors (Lipinski definition) is 1. The Morgan fingerprint density at radius 3 is 2.39 bits per heavy atom. The maximum atomic E-state index is 12.6. The van der Waals surface area contributed by atoms with Crippen LogP contribution in [0.1, 0.15) is 19.8 Å². The van der Waals surface area contributed by atoms with Gasteiger partial charge in [-0.2, -0.15) is 0 Å². The standard InChI is InChI=1S/C20H23ClN2O4S/c1-2-3-12-27-17-8-6-16(7-9-17)22-20(24)23-13-19(14-23)28(25,26)18-10-4-15(21)5-11-18/h4-11,19H,2-3,12-14H2,1H3,(H,22,24). The van der Waals surface area contributed by atoms with E-state index in [1.165, 1.54) is 17.0 Å². The molecule has 2 aromatic rings. The SMILES string of the molecule is CCCCOc1ccc(NC(=O)N2CC(S(=O)(=O)c3ccc(Cl)cc3)C2)cc1. The lowest BCUT2D eigenvalue weighted by molar-refractivity contribution is 0.182. The second-order valence-corrected chi connectivity index (χ2v) is 9.35. The molecule has 8 heteroatoms. The summed E-state index contributed by atoms with van der Waals surface area (Å²) in [5.74, 6) is 0.754. The lowest BCUT2D eigenvalue weighted by atomic mass is 10.2. The maximum absolute atomic E-state index is 12.6. The number of halogens is 1. The largest absolute Gasteiger partial charge is 0.494 e. The lowest BCUT2D eigenvalue weighted by Crippen LogP contribution is -2.58. The molecular formula is C20H23ClN2O4S. The van der Waals surface area contributed by atoms with E-state index < -0.39 is 15.1 Å². The lowest BCUT2D eigenvalue weighted by Gasteiger charge is -2.38. The monoisotopic (exact) mass is 422 g/mol. The van der Waals surface area contributed by atoms with E-state index in [1.54, 1.807) is 36.4 Å². The molecule has 3 rings (SSSR count). The number of urea groups is 1. The molecule has 2 amide bonds. The Morgan fingerprint density at radius 2 is 1.79 bits per heavy atom. The molecule has 0 saturated carbocycles. The van der Waals surface area contributed by atoms with Crippen molar-refractivity contribution in [2.45, 2.75) is 29.9 Å². The van der Waals surface area contributed by atoms with Crippen LogP contribution < -0.4 is 10.1 Å². The molecule has 0 atom stereocenters. The Balaban J connectivity index is 1.51. The topological polar surface area (TPSA) is 75.7 Å². The van der Waals surface area contributed by atoms with Crippen molar-refractivity contribution >= 4 is 33.2 Å². The van der Waals surface area contributed by atoms with E-state index in [-0.39, 0.29) is 24.0 Å². The zero-order valence-corrected chi connectivity index (χ0v) is 17.2. The minimum atomic E-state index is -3.47. The summed E-state index contributed by atoms with van der Waals surface area (Å²) in [7, 11) is -3.47. The van der Waals surface area contributed by atoms with Gasteiger partial charge in [0.2, 0.25) is 0 Å². The molecule has 1 fully saturated rings. The minimum absolute atomic E-state index is 0.162. The summed E-state index contributed by atoms with van der Waals surface area (Å²) in [6.45, 7) is 3.09. The third-order valence-electron chi connectivity index (χ3n) is 4.59. The maximum Gasteiger partial charge on any atom is 0.321 e. The van der Waals surface area contributed by atoms with Crippen molar-refractivity contribution in [1.82, 2.24) is 4.90 Å². The van der Waals surface area contributed by atoms with Crippen LogP contribution in [0.2, 0.25) is 5.02 Å². The molecule has 0 aliphatic carbocycles. The molecule has 0 spiro atoms. The average Bonchev–Trinajstić information content (AvgIpc) is 2.62. The normalized spacial score (nSPS) is 14.4. The Labute approximate surface area is 170 Å². The highest BCUT2D eigenvalue weighted by Crippen LogP contribution is 2.25. The first kappa shape index (κ1) is 20.5. The number of nitrogens with one attached hydrogen (secondary N) is 1. The van der Waals surface area contributed by atoms with E-state index >= 15 is 0 Å². The third kappa shape index (κ3) is 4.77. The van der Waals surface area contributed by atoms with Crippen LogP contribution in [0.4, 0.5) is 10.5 Å². The predicted octanol–water partition coefficient (Wildman–Crippen LogP) is 4.21. The Morgan fingerprint density at radius 1 is 1.14 bits per heavy atom. The molecule has 0 bridgehead atoms. The molecule has 28 heavy (non-hydrogen) atoms. The van der Waals surface area contributed by atoms with Crippen molar-refractivity contribution < 1.29 is 17.9 Å².